The van der Waals surface area contributed by atoms with Crippen LogP contribution in [0.15, 0.2) is 28.8 Å². The molecule has 4 nitrogen and oxygen atoms in total. The number of rotatable bonds is 5. The molecule has 1 aromatic carbocycles. The summed E-state index contributed by atoms with van der Waals surface area (Å²) in [5.41, 5.74) is 8.66. The number of benzene rings is 1. The molecule has 2 aromatic rings. The van der Waals surface area contributed by atoms with Crippen molar-refractivity contribution in [2.45, 2.75) is 26.9 Å². The van der Waals surface area contributed by atoms with E-state index in [1.165, 1.54) is 0 Å². The van der Waals surface area contributed by atoms with E-state index in [2.05, 4.69) is 5.16 Å². The first-order valence-electron chi connectivity index (χ1n) is 6.04. The summed E-state index contributed by atoms with van der Waals surface area (Å²) in [6.07, 6.45) is 0.814. The molecule has 1 heterocycles. The Kier molecular flexibility index (Phi) is 3.99. The summed E-state index contributed by atoms with van der Waals surface area (Å²) < 4.78 is 10.9. The summed E-state index contributed by atoms with van der Waals surface area (Å²) in [6.45, 7) is 4.93. The maximum atomic E-state index is 5.84. The standard InChI is InChI=1S/C14H18N2O2/c1-10-4-3-5-12(6-7-15)14(10)17-9-13-8-11(2)18-16-13/h3-5,8H,6-7,9,15H2,1-2H3. The zero-order chi connectivity index (χ0) is 13.0. The van der Waals surface area contributed by atoms with Crippen molar-refractivity contribution in [1.82, 2.24) is 5.16 Å². The van der Waals surface area contributed by atoms with Crippen LogP contribution in [0.4, 0.5) is 0 Å². The monoisotopic (exact) mass is 246 g/mol. The van der Waals surface area contributed by atoms with Gasteiger partial charge in [0.15, 0.2) is 0 Å². The largest absolute Gasteiger partial charge is 0.487 e. The van der Waals surface area contributed by atoms with E-state index in [1.54, 1.807) is 0 Å². The number of ether oxygens (including phenoxy) is 1. The zero-order valence-electron chi connectivity index (χ0n) is 10.8. The molecule has 2 rings (SSSR count). The molecule has 4 heteroatoms. The van der Waals surface area contributed by atoms with Gasteiger partial charge >= 0.3 is 0 Å². The van der Waals surface area contributed by atoms with Crippen molar-refractivity contribution in [2.75, 3.05) is 6.54 Å². The molecular formula is C14H18N2O2. The van der Waals surface area contributed by atoms with Crippen LogP contribution in [0.5, 0.6) is 5.75 Å². The lowest BCUT2D eigenvalue weighted by atomic mass is 10.1. The first-order valence-corrected chi connectivity index (χ1v) is 6.04. The molecule has 0 saturated carbocycles. The number of nitrogens with two attached hydrogens (primary N) is 1. The van der Waals surface area contributed by atoms with E-state index in [0.29, 0.717) is 13.2 Å². The number of para-hydroxylation sites is 1. The van der Waals surface area contributed by atoms with E-state index in [0.717, 1.165) is 34.8 Å². The lowest BCUT2D eigenvalue weighted by Crippen LogP contribution is -2.06. The highest BCUT2D eigenvalue weighted by atomic mass is 16.5. The number of aryl methyl sites for hydroxylation is 2. The lowest BCUT2D eigenvalue weighted by molar-refractivity contribution is 0.283. The van der Waals surface area contributed by atoms with E-state index >= 15 is 0 Å². The number of hydrogen-bond acceptors (Lipinski definition) is 4. The summed E-state index contributed by atoms with van der Waals surface area (Å²) in [6, 6.07) is 7.97. The Bertz CT molecular complexity index is 520. The Morgan fingerprint density at radius 1 is 1.33 bits per heavy atom. The van der Waals surface area contributed by atoms with Crippen LogP contribution < -0.4 is 10.5 Å². The summed E-state index contributed by atoms with van der Waals surface area (Å²) >= 11 is 0. The molecule has 96 valence electrons. The van der Waals surface area contributed by atoms with Crippen LogP contribution in [-0.4, -0.2) is 11.7 Å². The van der Waals surface area contributed by atoms with Gasteiger partial charge in [0.05, 0.1) is 0 Å². The highest BCUT2D eigenvalue weighted by molar-refractivity contribution is 5.41. The maximum Gasteiger partial charge on any atom is 0.134 e. The third-order valence-electron chi connectivity index (χ3n) is 2.75. The van der Waals surface area contributed by atoms with Crippen molar-refractivity contribution in [2.24, 2.45) is 5.73 Å². The predicted octanol–water partition coefficient (Wildman–Crippen LogP) is 2.37. The van der Waals surface area contributed by atoms with Crippen molar-refractivity contribution in [3.05, 3.63) is 46.8 Å². The quantitative estimate of drug-likeness (QED) is 0.879. The van der Waals surface area contributed by atoms with Crippen LogP contribution in [0.3, 0.4) is 0 Å². The highest BCUT2D eigenvalue weighted by Crippen LogP contribution is 2.24. The van der Waals surface area contributed by atoms with Gasteiger partial charge in [0.1, 0.15) is 23.8 Å². The minimum atomic E-state index is 0.416. The van der Waals surface area contributed by atoms with Gasteiger partial charge in [0.2, 0.25) is 0 Å². The molecular weight excluding hydrogens is 228 g/mol. The molecule has 0 radical (unpaired) electrons. The Morgan fingerprint density at radius 2 is 2.17 bits per heavy atom. The first kappa shape index (κ1) is 12.6. The summed E-state index contributed by atoms with van der Waals surface area (Å²) in [4.78, 5) is 0. The molecule has 2 N–H and O–H groups in total. The molecule has 0 fully saturated rings. The van der Waals surface area contributed by atoms with Crippen molar-refractivity contribution in [3.63, 3.8) is 0 Å². The second-order valence-corrected chi connectivity index (χ2v) is 4.32. The Labute approximate surface area is 107 Å². The van der Waals surface area contributed by atoms with E-state index in [-0.39, 0.29) is 0 Å². The Balaban J connectivity index is 2.12. The van der Waals surface area contributed by atoms with Gasteiger partial charge in [-0.3, -0.25) is 0 Å². The molecule has 0 aliphatic rings. The summed E-state index contributed by atoms with van der Waals surface area (Å²) in [5.74, 6) is 1.70. The third kappa shape index (κ3) is 2.90. The SMILES string of the molecule is Cc1cc(COc2c(C)cccc2CCN)no1. The first-order chi connectivity index (χ1) is 8.70. The minimum absolute atomic E-state index is 0.416. The molecule has 1 aromatic heterocycles. The van der Waals surface area contributed by atoms with Gasteiger partial charge < -0.3 is 15.0 Å². The molecule has 0 spiro atoms. The fraction of sp³-hybridized carbons (Fsp3) is 0.357. The fourth-order valence-corrected chi connectivity index (χ4v) is 1.90. The van der Waals surface area contributed by atoms with Crippen LogP contribution in [0.25, 0.3) is 0 Å². The Hall–Kier alpha value is -1.81. The minimum Gasteiger partial charge on any atom is -0.487 e. The van der Waals surface area contributed by atoms with Crippen LogP contribution in [0, 0.1) is 13.8 Å². The smallest absolute Gasteiger partial charge is 0.134 e. The molecule has 0 saturated heterocycles. The normalized spacial score (nSPS) is 10.6. The van der Waals surface area contributed by atoms with Gasteiger partial charge in [-0.2, -0.15) is 0 Å². The fourth-order valence-electron chi connectivity index (χ4n) is 1.90. The number of nitrogens with zero attached hydrogens (tertiary/aromatic N) is 1. The lowest BCUT2D eigenvalue weighted by Gasteiger charge is -2.12. The highest BCUT2D eigenvalue weighted by Gasteiger charge is 2.08. The van der Waals surface area contributed by atoms with Crippen molar-refractivity contribution in [3.8, 4) is 5.75 Å². The van der Waals surface area contributed by atoms with E-state index in [9.17, 15) is 0 Å². The van der Waals surface area contributed by atoms with E-state index in [4.69, 9.17) is 15.0 Å². The molecule has 0 unspecified atom stereocenters. The molecule has 0 amide bonds. The van der Waals surface area contributed by atoms with Crippen LogP contribution in [0.2, 0.25) is 0 Å². The van der Waals surface area contributed by atoms with E-state index < -0.39 is 0 Å². The maximum absolute atomic E-state index is 5.84. The van der Waals surface area contributed by atoms with Crippen molar-refractivity contribution in [1.29, 1.82) is 0 Å². The second kappa shape index (κ2) is 5.69. The third-order valence-corrected chi connectivity index (χ3v) is 2.75. The van der Waals surface area contributed by atoms with Gasteiger partial charge in [0, 0.05) is 6.07 Å². The molecule has 0 bridgehead atoms. The average Bonchev–Trinajstić information content (AvgIpc) is 2.75. The Morgan fingerprint density at radius 3 is 2.83 bits per heavy atom. The second-order valence-electron chi connectivity index (χ2n) is 4.32. The average molecular weight is 246 g/mol. The topological polar surface area (TPSA) is 61.3 Å². The van der Waals surface area contributed by atoms with Crippen molar-refractivity contribution >= 4 is 0 Å². The zero-order valence-corrected chi connectivity index (χ0v) is 10.8. The van der Waals surface area contributed by atoms with E-state index in [1.807, 2.05) is 38.1 Å². The molecule has 0 aliphatic carbocycles. The molecule has 0 aliphatic heterocycles. The van der Waals surface area contributed by atoms with Crippen LogP contribution >= 0.6 is 0 Å². The van der Waals surface area contributed by atoms with Gasteiger partial charge in [-0.1, -0.05) is 23.4 Å². The van der Waals surface area contributed by atoms with Gasteiger partial charge in [-0.05, 0) is 37.9 Å². The van der Waals surface area contributed by atoms with Crippen molar-refractivity contribution < 1.29 is 9.26 Å². The summed E-state index contributed by atoms with van der Waals surface area (Å²) in [5, 5.41) is 3.91. The predicted molar refractivity (Wildman–Crippen MR) is 69.5 cm³/mol. The number of hydrogen-bond donors (Lipinski definition) is 1. The van der Waals surface area contributed by atoms with Crippen LogP contribution in [-0.2, 0) is 13.0 Å². The molecule has 0 atom stereocenters. The molecule has 18 heavy (non-hydrogen) atoms. The van der Waals surface area contributed by atoms with Gasteiger partial charge in [0.25, 0.3) is 0 Å². The number of aromatic nitrogens is 1. The summed E-state index contributed by atoms with van der Waals surface area (Å²) in [7, 11) is 0. The van der Waals surface area contributed by atoms with Gasteiger partial charge in [-0.25, -0.2) is 0 Å². The van der Waals surface area contributed by atoms with Crippen LogP contribution in [0.1, 0.15) is 22.6 Å². The van der Waals surface area contributed by atoms with Gasteiger partial charge in [-0.15, -0.1) is 0 Å².